The molecule has 22 heavy (non-hydrogen) atoms. The highest BCUT2D eigenvalue weighted by Gasteiger charge is 2.30. The second-order valence-electron chi connectivity index (χ2n) is 5.71. The number of benzene rings is 1. The Morgan fingerprint density at radius 2 is 1.95 bits per heavy atom. The van der Waals surface area contributed by atoms with Gasteiger partial charge in [0.15, 0.2) is 0 Å². The number of hydrogen-bond donors (Lipinski definition) is 1. The smallest absolute Gasteiger partial charge is 0.292 e. The molecule has 1 aromatic carbocycles. The van der Waals surface area contributed by atoms with Crippen molar-refractivity contribution in [3.05, 3.63) is 34.4 Å². The van der Waals surface area contributed by atoms with Crippen LogP contribution in [0.4, 0.5) is 11.4 Å². The van der Waals surface area contributed by atoms with Crippen LogP contribution in [0.25, 0.3) is 0 Å². The van der Waals surface area contributed by atoms with E-state index < -0.39 is 0 Å². The topological polar surface area (TPSA) is 78.7 Å². The third-order valence-corrected chi connectivity index (χ3v) is 4.37. The van der Waals surface area contributed by atoms with Crippen LogP contribution < -0.4 is 10.2 Å². The van der Waals surface area contributed by atoms with Crippen molar-refractivity contribution in [2.45, 2.75) is 18.9 Å². The first-order valence-electron chi connectivity index (χ1n) is 7.67. The lowest BCUT2D eigenvalue weighted by Crippen LogP contribution is -2.53. The van der Waals surface area contributed by atoms with Crippen LogP contribution in [0.3, 0.4) is 0 Å². The van der Waals surface area contributed by atoms with Crippen LogP contribution in [-0.4, -0.2) is 54.5 Å². The van der Waals surface area contributed by atoms with E-state index in [0.717, 1.165) is 19.4 Å². The summed E-state index contributed by atoms with van der Waals surface area (Å²) in [6.45, 7) is 3.39. The summed E-state index contributed by atoms with van der Waals surface area (Å²) in [5, 5.41) is 14.3. The van der Waals surface area contributed by atoms with Crippen molar-refractivity contribution in [3.63, 3.8) is 0 Å². The molecule has 0 aromatic heterocycles. The molecular formula is C15H20N4O3. The maximum Gasteiger partial charge on any atom is 0.292 e. The number of para-hydroxylation sites is 2. The quantitative estimate of drug-likeness (QED) is 0.665. The summed E-state index contributed by atoms with van der Waals surface area (Å²) in [5.74, 6) is 0.166. The molecule has 2 saturated heterocycles. The summed E-state index contributed by atoms with van der Waals surface area (Å²) in [6, 6.07) is 6.73. The third-order valence-electron chi connectivity index (χ3n) is 4.37. The second-order valence-corrected chi connectivity index (χ2v) is 5.71. The Hall–Kier alpha value is -2.15. The van der Waals surface area contributed by atoms with Gasteiger partial charge in [0.2, 0.25) is 5.91 Å². The zero-order valence-corrected chi connectivity index (χ0v) is 12.4. The van der Waals surface area contributed by atoms with Crippen molar-refractivity contribution in [2.24, 2.45) is 0 Å². The number of carbonyl (C=O) groups is 1. The molecular weight excluding hydrogens is 284 g/mol. The van der Waals surface area contributed by atoms with Crippen molar-refractivity contribution in [3.8, 4) is 0 Å². The van der Waals surface area contributed by atoms with E-state index in [9.17, 15) is 14.9 Å². The first kappa shape index (κ1) is 14.8. The molecule has 2 fully saturated rings. The largest absolute Gasteiger partial charge is 0.362 e. The lowest BCUT2D eigenvalue weighted by molar-refractivity contribution is -0.384. The van der Waals surface area contributed by atoms with Gasteiger partial charge in [-0.25, -0.2) is 0 Å². The fourth-order valence-corrected chi connectivity index (χ4v) is 3.17. The van der Waals surface area contributed by atoms with Crippen LogP contribution >= 0.6 is 0 Å². The van der Waals surface area contributed by atoms with Crippen molar-refractivity contribution >= 4 is 17.3 Å². The molecule has 7 heteroatoms. The lowest BCUT2D eigenvalue weighted by Gasteiger charge is -2.36. The molecule has 0 bridgehead atoms. The number of carbonyl (C=O) groups excluding carboxylic acids is 1. The summed E-state index contributed by atoms with van der Waals surface area (Å²) >= 11 is 0. The molecule has 0 radical (unpaired) electrons. The van der Waals surface area contributed by atoms with E-state index >= 15 is 0 Å². The molecule has 118 valence electrons. The molecule has 3 rings (SSSR count). The van der Waals surface area contributed by atoms with Gasteiger partial charge in [0, 0.05) is 32.2 Å². The van der Waals surface area contributed by atoms with Crippen LogP contribution in [0.5, 0.6) is 0 Å². The Morgan fingerprint density at radius 3 is 2.59 bits per heavy atom. The Balaban J connectivity index is 1.64. The van der Waals surface area contributed by atoms with Crippen LogP contribution in [0, 0.1) is 10.1 Å². The second kappa shape index (κ2) is 6.31. The fourth-order valence-electron chi connectivity index (χ4n) is 3.17. The molecule has 7 nitrogen and oxygen atoms in total. The molecule has 2 heterocycles. The van der Waals surface area contributed by atoms with Gasteiger partial charge in [-0.05, 0) is 25.5 Å². The van der Waals surface area contributed by atoms with E-state index in [2.05, 4.69) is 5.32 Å². The zero-order valence-electron chi connectivity index (χ0n) is 12.4. The minimum Gasteiger partial charge on any atom is -0.362 e. The van der Waals surface area contributed by atoms with E-state index in [-0.39, 0.29) is 22.6 Å². The highest BCUT2D eigenvalue weighted by Crippen LogP contribution is 2.28. The summed E-state index contributed by atoms with van der Waals surface area (Å²) in [5.41, 5.74) is 0.762. The summed E-state index contributed by atoms with van der Waals surface area (Å²) in [7, 11) is 0. The molecule has 0 unspecified atom stereocenters. The van der Waals surface area contributed by atoms with Gasteiger partial charge in [0.1, 0.15) is 5.69 Å². The predicted octanol–water partition coefficient (Wildman–Crippen LogP) is 0.995. The van der Waals surface area contributed by atoms with Crippen molar-refractivity contribution < 1.29 is 9.72 Å². The number of piperazine rings is 1. The van der Waals surface area contributed by atoms with Gasteiger partial charge in [0.05, 0.1) is 11.0 Å². The minimum absolute atomic E-state index is 0.0439. The van der Waals surface area contributed by atoms with Gasteiger partial charge in [0.25, 0.3) is 5.69 Å². The zero-order chi connectivity index (χ0) is 15.5. The molecule has 0 saturated carbocycles. The van der Waals surface area contributed by atoms with E-state index in [1.54, 1.807) is 12.1 Å². The van der Waals surface area contributed by atoms with E-state index in [4.69, 9.17) is 0 Å². The average Bonchev–Trinajstić information content (AvgIpc) is 3.09. The number of nitrogens with zero attached hydrogens (tertiary/aromatic N) is 3. The van der Waals surface area contributed by atoms with Gasteiger partial charge in [-0.3, -0.25) is 14.9 Å². The molecule has 1 amide bonds. The first-order chi connectivity index (χ1) is 10.7. The number of nitro benzene ring substituents is 1. The van der Waals surface area contributed by atoms with Crippen LogP contribution in [-0.2, 0) is 4.79 Å². The SMILES string of the molecule is O=C([C@@H]1CCCN1)N1CCN(c2ccccc2[N+](=O)[O-])CC1. The van der Waals surface area contributed by atoms with Crippen molar-refractivity contribution in [2.75, 3.05) is 37.6 Å². The maximum atomic E-state index is 12.4. The van der Waals surface area contributed by atoms with Gasteiger partial charge in [-0.2, -0.15) is 0 Å². The number of rotatable bonds is 3. The van der Waals surface area contributed by atoms with Crippen LogP contribution in [0.2, 0.25) is 0 Å². The van der Waals surface area contributed by atoms with E-state index in [0.29, 0.717) is 31.9 Å². The first-order valence-corrected chi connectivity index (χ1v) is 7.67. The average molecular weight is 304 g/mol. The molecule has 0 aliphatic carbocycles. The Kier molecular flexibility index (Phi) is 4.24. The Labute approximate surface area is 129 Å². The third kappa shape index (κ3) is 2.89. The summed E-state index contributed by atoms with van der Waals surface area (Å²) < 4.78 is 0. The van der Waals surface area contributed by atoms with Gasteiger partial charge in [-0.1, -0.05) is 12.1 Å². The Bertz CT molecular complexity index is 564. The Morgan fingerprint density at radius 1 is 1.23 bits per heavy atom. The van der Waals surface area contributed by atoms with Gasteiger partial charge < -0.3 is 15.1 Å². The van der Waals surface area contributed by atoms with E-state index in [1.165, 1.54) is 6.07 Å². The minimum atomic E-state index is -0.352. The maximum absolute atomic E-state index is 12.4. The van der Waals surface area contributed by atoms with E-state index in [1.807, 2.05) is 15.9 Å². The highest BCUT2D eigenvalue weighted by atomic mass is 16.6. The number of nitrogens with one attached hydrogen (secondary N) is 1. The van der Waals surface area contributed by atoms with Crippen molar-refractivity contribution in [1.82, 2.24) is 10.2 Å². The fraction of sp³-hybridized carbons (Fsp3) is 0.533. The molecule has 1 aromatic rings. The monoisotopic (exact) mass is 304 g/mol. The highest BCUT2D eigenvalue weighted by molar-refractivity contribution is 5.82. The predicted molar refractivity (Wildman–Crippen MR) is 82.9 cm³/mol. The number of hydrogen-bond acceptors (Lipinski definition) is 5. The molecule has 2 aliphatic heterocycles. The summed E-state index contributed by atoms with van der Waals surface area (Å²) in [6.07, 6.45) is 1.95. The lowest BCUT2D eigenvalue weighted by atomic mass is 10.1. The standard InChI is InChI=1S/C15H20N4O3/c20-15(12-4-3-7-16-12)18-10-8-17(9-11-18)13-5-1-2-6-14(13)19(21)22/h1-2,5-6,12,16H,3-4,7-11H2/t12-/m0/s1. The number of anilines is 1. The van der Waals surface area contributed by atoms with Gasteiger partial charge >= 0.3 is 0 Å². The molecule has 1 N–H and O–H groups in total. The molecule has 2 aliphatic rings. The number of nitro groups is 1. The van der Waals surface area contributed by atoms with Gasteiger partial charge in [-0.15, -0.1) is 0 Å². The number of amides is 1. The molecule has 1 atom stereocenters. The van der Waals surface area contributed by atoms with Crippen LogP contribution in [0.15, 0.2) is 24.3 Å². The molecule has 0 spiro atoms. The normalized spacial score (nSPS) is 21.9. The summed E-state index contributed by atoms with van der Waals surface area (Å²) in [4.78, 5) is 27.0. The van der Waals surface area contributed by atoms with Crippen molar-refractivity contribution in [1.29, 1.82) is 0 Å². The van der Waals surface area contributed by atoms with Crippen LogP contribution in [0.1, 0.15) is 12.8 Å².